The summed E-state index contributed by atoms with van der Waals surface area (Å²) in [6, 6.07) is -0.0119. The highest BCUT2D eigenvalue weighted by molar-refractivity contribution is 5.85. The number of rotatable bonds is 4. The van der Waals surface area contributed by atoms with E-state index in [4.69, 9.17) is 5.73 Å². The van der Waals surface area contributed by atoms with Crippen LogP contribution in [0.25, 0.3) is 0 Å². The van der Waals surface area contributed by atoms with Crippen LogP contribution in [0.5, 0.6) is 0 Å². The molecule has 1 heterocycles. The molecule has 1 atom stereocenters. The van der Waals surface area contributed by atoms with Crippen LogP contribution in [0, 0.1) is 0 Å². The van der Waals surface area contributed by atoms with Crippen LogP contribution in [-0.4, -0.2) is 42.0 Å². The van der Waals surface area contributed by atoms with Gasteiger partial charge < -0.3 is 11.1 Å². The Hall–Kier alpha value is -0.0300. The molecule has 3 N–H and O–H groups in total. The predicted molar refractivity (Wildman–Crippen MR) is 92.4 cm³/mol. The lowest BCUT2D eigenvalue weighted by molar-refractivity contribution is -0.127. The predicted octanol–water partition coefficient (Wildman–Crippen LogP) is 2.48. The summed E-state index contributed by atoms with van der Waals surface area (Å²) in [4.78, 5) is 14.8. The van der Waals surface area contributed by atoms with Gasteiger partial charge in [-0.05, 0) is 45.7 Å². The number of hydrogen-bond donors (Lipinski definition) is 2. The van der Waals surface area contributed by atoms with Crippen molar-refractivity contribution in [3.63, 3.8) is 0 Å². The maximum Gasteiger partial charge on any atom is 0.237 e. The topological polar surface area (TPSA) is 58.4 Å². The summed E-state index contributed by atoms with van der Waals surface area (Å²) in [7, 11) is 0. The number of likely N-dealkylation sites (tertiary alicyclic amines) is 1. The summed E-state index contributed by atoms with van der Waals surface area (Å²) in [5.41, 5.74) is 5.78. The van der Waals surface area contributed by atoms with Crippen LogP contribution in [0.15, 0.2) is 0 Å². The second-order valence-electron chi connectivity index (χ2n) is 6.31. The minimum atomic E-state index is -0.114. The monoisotopic (exact) mass is 339 g/mol. The van der Waals surface area contributed by atoms with E-state index in [9.17, 15) is 4.79 Å². The van der Waals surface area contributed by atoms with Crippen molar-refractivity contribution in [1.29, 1.82) is 0 Å². The van der Waals surface area contributed by atoms with Gasteiger partial charge >= 0.3 is 0 Å². The maximum atomic E-state index is 12.5. The lowest BCUT2D eigenvalue weighted by Crippen LogP contribution is -2.56. The quantitative estimate of drug-likeness (QED) is 0.827. The largest absolute Gasteiger partial charge is 0.348 e. The number of carbonyl (C=O) groups is 1. The molecule has 1 amide bonds. The molecule has 1 aliphatic heterocycles. The minimum Gasteiger partial charge on any atom is -0.348 e. The van der Waals surface area contributed by atoms with E-state index in [2.05, 4.69) is 10.2 Å². The highest BCUT2D eigenvalue weighted by atomic mass is 35.5. The summed E-state index contributed by atoms with van der Waals surface area (Å²) in [5.74, 6) is 0.175. The van der Waals surface area contributed by atoms with Gasteiger partial charge in [0, 0.05) is 6.54 Å². The first-order valence-electron chi connectivity index (χ1n) is 7.93. The van der Waals surface area contributed by atoms with E-state index in [1.54, 1.807) is 0 Å². The van der Waals surface area contributed by atoms with Gasteiger partial charge in [0.2, 0.25) is 5.91 Å². The molecule has 0 aromatic heterocycles. The molecule has 2 fully saturated rings. The van der Waals surface area contributed by atoms with Gasteiger partial charge in [-0.3, -0.25) is 9.69 Å². The Balaban J connectivity index is 0.00000200. The Kier molecular flexibility index (Phi) is 9.87. The lowest BCUT2D eigenvalue weighted by atomic mass is 9.97. The van der Waals surface area contributed by atoms with Crippen LogP contribution >= 0.6 is 24.8 Å². The van der Waals surface area contributed by atoms with Gasteiger partial charge in [0.1, 0.15) is 0 Å². The fourth-order valence-electron chi connectivity index (χ4n) is 3.45. The van der Waals surface area contributed by atoms with Crippen LogP contribution in [0.4, 0.5) is 0 Å². The highest BCUT2D eigenvalue weighted by Crippen LogP contribution is 2.28. The Bertz CT molecular complexity index is 301. The van der Waals surface area contributed by atoms with E-state index < -0.39 is 0 Å². The zero-order valence-corrected chi connectivity index (χ0v) is 14.7. The summed E-state index contributed by atoms with van der Waals surface area (Å²) in [5, 5.41) is 3.25. The van der Waals surface area contributed by atoms with E-state index in [0.29, 0.717) is 6.54 Å². The van der Waals surface area contributed by atoms with Crippen molar-refractivity contribution in [3.05, 3.63) is 0 Å². The van der Waals surface area contributed by atoms with Gasteiger partial charge in [-0.25, -0.2) is 0 Å². The van der Waals surface area contributed by atoms with Crippen LogP contribution < -0.4 is 11.1 Å². The SMILES string of the molecule is CC(C(=O)NC1(CN)CCCC1)N1CCCCCC1.Cl.Cl. The van der Waals surface area contributed by atoms with E-state index >= 15 is 0 Å². The Labute approximate surface area is 141 Å². The molecule has 0 aromatic carbocycles. The normalized spacial score (nSPS) is 23.3. The molecule has 0 radical (unpaired) electrons. The summed E-state index contributed by atoms with van der Waals surface area (Å²) >= 11 is 0. The molecule has 0 aromatic rings. The lowest BCUT2D eigenvalue weighted by Gasteiger charge is -2.33. The molecule has 4 nitrogen and oxygen atoms in total. The Morgan fingerprint density at radius 1 is 1.10 bits per heavy atom. The number of hydrogen-bond acceptors (Lipinski definition) is 3. The fraction of sp³-hybridized carbons (Fsp3) is 0.933. The van der Waals surface area contributed by atoms with Gasteiger partial charge in [-0.1, -0.05) is 25.7 Å². The van der Waals surface area contributed by atoms with Crippen LogP contribution in [0.2, 0.25) is 0 Å². The molecule has 2 rings (SSSR count). The second-order valence-corrected chi connectivity index (χ2v) is 6.31. The first-order valence-corrected chi connectivity index (χ1v) is 7.93. The molecule has 2 aliphatic rings. The minimum absolute atomic E-state index is 0. The van der Waals surface area contributed by atoms with Crippen LogP contribution in [-0.2, 0) is 4.79 Å². The third-order valence-electron chi connectivity index (χ3n) is 4.91. The van der Waals surface area contributed by atoms with Gasteiger partial charge in [0.05, 0.1) is 11.6 Å². The number of carbonyl (C=O) groups excluding carboxylic acids is 1. The van der Waals surface area contributed by atoms with Crippen molar-refractivity contribution in [2.24, 2.45) is 5.73 Å². The first kappa shape index (κ1) is 21.0. The van der Waals surface area contributed by atoms with Gasteiger partial charge in [0.25, 0.3) is 0 Å². The molecule has 6 heteroatoms. The van der Waals surface area contributed by atoms with Gasteiger partial charge in [-0.2, -0.15) is 0 Å². The molecule has 0 spiro atoms. The summed E-state index contributed by atoms with van der Waals surface area (Å²) in [6.07, 6.45) is 9.52. The third-order valence-corrected chi connectivity index (χ3v) is 4.91. The van der Waals surface area contributed by atoms with Crippen molar-refractivity contribution in [3.8, 4) is 0 Å². The highest BCUT2D eigenvalue weighted by Gasteiger charge is 2.35. The van der Waals surface area contributed by atoms with E-state index in [1.807, 2.05) is 6.92 Å². The van der Waals surface area contributed by atoms with Crippen molar-refractivity contribution in [2.75, 3.05) is 19.6 Å². The van der Waals surface area contributed by atoms with Crippen molar-refractivity contribution >= 4 is 30.7 Å². The number of nitrogens with zero attached hydrogens (tertiary/aromatic N) is 1. The standard InChI is InChI=1S/C15H29N3O.2ClH/c1-13(18-10-6-2-3-7-11-18)14(19)17-15(12-16)8-4-5-9-15;;/h13H,2-12,16H2,1H3,(H,17,19);2*1H. The zero-order chi connectivity index (χ0) is 13.7. The van der Waals surface area contributed by atoms with Crippen LogP contribution in [0.3, 0.4) is 0 Å². The molecule has 1 saturated carbocycles. The van der Waals surface area contributed by atoms with E-state index in [1.165, 1.54) is 38.5 Å². The van der Waals surface area contributed by atoms with E-state index in [-0.39, 0.29) is 42.3 Å². The average Bonchev–Trinajstić information content (AvgIpc) is 2.72. The van der Waals surface area contributed by atoms with E-state index in [0.717, 1.165) is 25.9 Å². The number of nitrogens with two attached hydrogens (primary N) is 1. The molecule has 0 bridgehead atoms. The summed E-state index contributed by atoms with van der Waals surface area (Å²) in [6.45, 7) is 4.74. The first-order chi connectivity index (χ1) is 9.17. The smallest absolute Gasteiger partial charge is 0.237 e. The summed E-state index contributed by atoms with van der Waals surface area (Å²) < 4.78 is 0. The van der Waals surface area contributed by atoms with Crippen LogP contribution in [0.1, 0.15) is 58.3 Å². The average molecular weight is 340 g/mol. The number of nitrogens with one attached hydrogen (secondary N) is 1. The van der Waals surface area contributed by atoms with Gasteiger partial charge in [0.15, 0.2) is 0 Å². The third kappa shape index (κ3) is 5.59. The molecular formula is C15H31Cl2N3O. The van der Waals surface area contributed by atoms with Crippen molar-refractivity contribution in [2.45, 2.75) is 69.9 Å². The molecule has 21 heavy (non-hydrogen) atoms. The zero-order valence-electron chi connectivity index (χ0n) is 13.1. The molecule has 1 saturated heterocycles. The van der Waals surface area contributed by atoms with Crippen molar-refractivity contribution in [1.82, 2.24) is 10.2 Å². The van der Waals surface area contributed by atoms with Crippen molar-refractivity contribution < 1.29 is 4.79 Å². The van der Waals surface area contributed by atoms with Gasteiger partial charge in [-0.15, -0.1) is 24.8 Å². The molecule has 126 valence electrons. The fourth-order valence-corrected chi connectivity index (χ4v) is 3.45. The maximum absolute atomic E-state index is 12.5. The Morgan fingerprint density at radius 3 is 2.10 bits per heavy atom. The molecular weight excluding hydrogens is 309 g/mol. The number of amides is 1. The number of halogens is 2. The molecule has 1 aliphatic carbocycles. The second kappa shape index (κ2) is 9.88. The Morgan fingerprint density at radius 2 is 1.62 bits per heavy atom. The molecule has 1 unspecified atom stereocenters.